The molecule has 156 valence electrons. The van der Waals surface area contributed by atoms with Crippen molar-refractivity contribution in [1.29, 1.82) is 5.26 Å². The molecule has 0 amide bonds. The number of hydrogen-bond donors (Lipinski definition) is 0. The van der Waals surface area contributed by atoms with E-state index >= 15 is 0 Å². The van der Waals surface area contributed by atoms with Crippen molar-refractivity contribution < 1.29 is 19.1 Å². The van der Waals surface area contributed by atoms with E-state index in [1.807, 2.05) is 89.3 Å². The summed E-state index contributed by atoms with van der Waals surface area (Å²) in [6, 6.07) is 20.5. The second-order valence-corrected chi connectivity index (χ2v) is 8.77. The lowest BCUT2D eigenvalue weighted by Gasteiger charge is -2.16. The average molecular weight is 637 g/mol. The number of esters is 2. The summed E-state index contributed by atoms with van der Waals surface area (Å²) in [7, 11) is 0. The molecule has 0 spiro atoms. The van der Waals surface area contributed by atoms with Crippen LogP contribution in [0.15, 0.2) is 60.7 Å². The molecule has 0 aliphatic heterocycles. The van der Waals surface area contributed by atoms with Gasteiger partial charge in [0.25, 0.3) is 0 Å². The number of ether oxygens (including phenoxy) is 2. The van der Waals surface area contributed by atoms with Crippen molar-refractivity contribution in [2.24, 2.45) is 0 Å². The standard InChI is InChI=1S/C24H17I2NO4/c1-15-19(23(28)30-13-16-8-4-2-5-9-16)18(12-27)20(22(26)21(15)25)24(29)31-14-17-10-6-3-7-11-17/h2-11H,13-14H2,1H3. The smallest absolute Gasteiger partial charge is 0.340 e. The van der Waals surface area contributed by atoms with E-state index in [-0.39, 0.29) is 29.9 Å². The Morgan fingerprint density at radius 1 is 0.806 bits per heavy atom. The third kappa shape index (κ3) is 5.43. The molecule has 5 nitrogen and oxygen atoms in total. The number of rotatable bonds is 6. The molecular formula is C24H17I2NO4. The highest BCUT2D eigenvalue weighted by molar-refractivity contribution is 14.1. The van der Waals surface area contributed by atoms with E-state index in [1.54, 1.807) is 6.92 Å². The van der Waals surface area contributed by atoms with Gasteiger partial charge in [0.2, 0.25) is 0 Å². The van der Waals surface area contributed by atoms with Gasteiger partial charge in [0.15, 0.2) is 0 Å². The van der Waals surface area contributed by atoms with E-state index in [9.17, 15) is 14.9 Å². The van der Waals surface area contributed by atoms with Gasteiger partial charge in [0.05, 0.1) is 16.7 Å². The van der Waals surface area contributed by atoms with Gasteiger partial charge < -0.3 is 9.47 Å². The quantitative estimate of drug-likeness (QED) is 0.253. The van der Waals surface area contributed by atoms with Gasteiger partial charge in [-0.05, 0) is 68.8 Å². The predicted molar refractivity (Wildman–Crippen MR) is 132 cm³/mol. The maximum atomic E-state index is 12.9. The summed E-state index contributed by atoms with van der Waals surface area (Å²) in [5.74, 6) is -1.30. The highest BCUT2D eigenvalue weighted by Gasteiger charge is 2.29. The van der Waals surface area contributed by atoms with Crippen molar-refractivity contribution in [3.8, 4) is 6.07 Å². The number of hydrogen-bond acceptors (Lipinski definition) is 5. The highest BCUT2D eigenvalue weighted by Crippen LogP contribution is 2.31. The zero-order valence-electron chi connectivity index (χ0n) is 16.5. The average Bonchev–Trinajstić information content (AvgIpc) is 2.80. The Balaban J connectivity index is 1.92. The van der Waals surface area contributed by atoms with E-state index in [0.29, 0.717) is 12.7 Å². The Bertz CT molecular complexity index is 1070. The molecule has 31 heavy (non-hydrogen) atoms. The lowest BCUT2D eigenvalue weighted by Crippen LogP contribution is -2.18. The summed E-state index contributed by atoms with van der Waals surface area (Å²) < 4.78 is 12.2. The van der Waals surface area contributed by atoms with Crippen LogP contribution in [0.4, 0.5) is 0 Å². The lowest BCUT2D eigenvalue weighted by molar-refractivity contribution is 0.0468. The molecule has 0 fully saturated rings. The first kappa shape index (κ1) is 23.2. The summed E-state index contributed by atoms with van der Waals surface area (Å²) in [6.45, 7) is 1.88. The van der Waals surface area contributed by atoms with Gasteiger partial charge in [-0.25, -0.2) is 9.59 Å². The van der Waals surface area contributed by atoms with Gasteiger partial charge >= 0.3 is 11.9 Å². The minimum atomic E-state index is -0.653. The molecular weight excluding hydrogens is 620 g/mol. The largest absolute Gasteiger partial charge is 0.457 e. The van der Waals surface area contributed by atoms with Crippen LogP contribution in [0, 0.1) is 25.4 Å². The normalized spacial score (nSPS) is 10.3. The van der Waals surface area contributed by atoms with E-state index in [2.05, 4.69) is 22.6 Å². The number of benzene rings is 3. The topological polar surface area (TPSA) is 76.4 Å². The van der Waals surface area contributed by atoms with Gasteiger partial charge in [0, 0.05) is 7.14 Å². The van der Waals surface area contributed by atoms with E-state index in [0.717, 1.165) is 11.1 Å². The number of halogens is 2. The van der Waals surface area contributed by atoms with Crippen LogP contribution < -0.4 is 0 Å². The zero-order valence-corrected chi connectivity index (χ0v) is 20.8. The first-order chi connectivity index (χ1) is 14.9. The maximum absolute atomic E-state index is 12.9. The van der Waals surface area contributed by atoms with Crippen LogP contribution in [0.2, 0.25) is 0 Å². The second kappa shape index (κ2) is 10.7. The van der Waals surface area contributed by atoms with Gasteiger partial charge in [-0.3, -0.25) is 0 Å². The maximum Gasteiger partial charge on any atom is 0.340 e. The molecule has 0 aliphatic rings. The second-order valence-electron chi connectivity index (χ2n) is 6.61. The van der Waals surface area contributed by atoms with Crippen LogP contribution in [0.5, 0.6) is 0 Å². The van der Waals surface area contributed by atoms with Crippen molar-refractivity contribution in [2.75, 3.05) is 0 Å². The molecule has 0 saturated heterocycles. The van der Waals surface area contributed by atoms with Crippen molar-refractivity contribution in [3.05, 3.63) is 101 Å². The molecule has 0 saturated carbocycles. The van der Waals surface area contributed by atoms with Gasteiger partial charge in [0.1, 0.15) is 19.3 Å². The first-order valence-electron chi connectivity index (χ1n) is 9.27. The van der Waals surface area contributed by atoms with E-state index < -0.39 is 11.9 Å². The Morgan fingerprint density at radius 3 is 1.71 bits per heavy atom. The van der Waals surface area contributed by atoms with Gasteiger partial charge in [-0.1, -0.05) is 60.7 Å². The van der Waals surface area contributed by atoms with Crippen molar-refractivity contribution >= 4 is 57.1 Å². The molecule has 0 aliphatic carbocycles. The van der Waals surface area contributed by atoms with Gasteiger partial charge in [-0.15, -0.1) is 0 Å². The fourth-order valence-electron chi connectivity index (χ4n) is 2.96. The van der Waals surface area contributed by atoms with E-state index in [4.69, 9.17) is 9.47 Å². The Labute approximate surface area is 207 Å². The zero-order chi connectivity index (χ0) is 22.4. The van der Waals surface area contributed by atoms with Gasteiger partial charge in [-0.2, -0.15) is 5.26 Å². The molecule has 0 unspecified atom stereocenters. The Hall–Kier alpha value is -2.45. The van der Waals surface area contributed by atoms with Crippen LogP contribution in [-0.4, -0.2) is 11.9 Å². The number of carbonyl (C=O) groups is 2. The summed E-state index contributed by atoms with van der Waals surface area (Å²) in [5.41, 5.74) is 2.40. The predicted octanol–water partition coefficient (Wildman–Crippen LogP) is 5.79. The van der Waals surface area contributed by atoms with Crippen LogP contribution in [0.3, 0.4) is 0 Å². The fourth-order valence-corrected chi connectivity index (χ4v) is 4.39. The molecule has 7 heteroatoms. The molecule has 3 rings (SSSR count). The van der Waals surface area contributed by atoms with Crippen LogP contribution in [0.25, 0.3) is 0 Å². The minimum absolute atomic E-state index is 0.0292. The molecule has 0 aromatic heterocycles. The molecule has 0 bridgehead atoms. The Kier molecular flexibility index (Phi) is 8.03. The number of carbonyl (C=O) groups excluding carboxylic acids is 2. The molecule has 0 atom stereocenters. The number of nitrogens with zero attached hydrogens (tertiary/aromatic N) is 1. The van der Waals surface area contributed by atoms with Crippen LogP contribution in [-0.2, 0) is 22.7 Å². The van der Waals surface area contributed by atoms with Crippen LogP contribution >= 0.6 is 45.2 Å². The van der Waals surface area contributed by atoms with Crippen LogP contribution in [0.1, 0.15) is 43.0 Å². The fraction of sp³-hybridized carbons (Fsp3) is 0.125. The number of nitriles is 1. The molecule has 0 heterocycles. The monoisotopic (exact) mass is 637 g/mol. The molecule has 0 radical (unpaired) electrons. The summed E-state index contributed by atoms with van der Waals surface area (Å²) >= 11 is 4.08. The molecule has 0 N–H and O–H groups in total. The van der Waals surface area contributed by atoms with Crippen molar-refractivity contribution in [1.82, 2.24) is 0 Å². The lowest BCUT2D eigenvalue weighted by atomic mass is 9.97. The highest BCUT2D eigenvalue weighted by atomic mass is 127. The first-order valence-corrected chi connectivity index (χ1v) is 11.4. The van der Waals surface area contributed by atoms with Crippen molar-refractivity contribution in [2.45, 2.75) is 20.1 Å². The SMILES string of the molecule is Cc1c(I)c(I)c(C(=O)OCc2ccccc2)c(C#N)c1C(=O)OCc1ccccc1. The molecule has 3 aromatic carbocycles. The third-order valence-electron chi connectivity index (χ3n) is 4.56. The summed E-state index contributed by atoms with van der Waals surface area (Å²) in [5, 5.41) is 9.84. The minimum Gasteiger partial charge on any atom is -0.457 e. The summed E-state index contributed by atoms with van der Waals surface area (Å²) in [6.07, 6.45) is 0. The van der Waals surface area contributed by atoms with E-state index in [1.165, 1.54) is 0 Å². The summed E-state index contributed by atoms with van der Waals surface area (Å²) in [4.78, 5) is 25.8. The Morgan fingerprint density at radius 2 is 1.26 bits per heavy atom. The molecule has 3 aromatic rings. The van der Waals surface area contributed by atoms with Crippen molar-refractivity contribution in [3.63, 3.8) is 0 Å². The third-order valence-corrected chi connectivity index (χ3v) is 8.02.